The SMILES string of the molecule is C=C(C)C(OC(=O)Nc1ccc(C)c([N+](=O)[O-])c1)C(=O)OC. The third-order valence-electron chi connectivity index (χ3n) is 2.74. The highest BCUT2D eigenvalue weighted by Crippen LogP contribution is 2.22. The van der Waals surface area contributed by atoms with E-state index < -0.39 is 23.1 Å². The molecule has 0 bridgehead atoms. The van der Waals surface area contributed by atoms with E-state index in [0.29, 0.717) is 5.56 Å². The maximum absolute atomic E-state index is 11.8. The fourth-order valence-corrected chi connectivity index (χ4v) is 1.60. The number of nitrogens with one attached hydrogen (secondary N) is 1. The molecule has 0 aliphatic rings. The van der Waals surface area contributed by atoms with E-state index in [4.69, 9.17) is 4.74 Å². The van der Waals surface area contributed by atoms with E-state index in [1.807, 2.05) is 0 Å². The first kappa shape index (κ1) is 17.2. The quantitative estimate of drug-likeness (QED) is 0.387. The third kappa shape index (κ3) is 4.30. The zero-order valence-corrected chi connectivity index (χ0v) is 12.4. The lowest BCUT2D eigenvalue weighted by atomic mass is 10.2. The molecule has 22 heavy (non-hydrogen) atoms. The summed E-state index contributed by atoms with van der Waals surface area (Å²) < 4.78 is 9.40. The molecule has 8 nitrogen and oxygen atoms in total. The van der Waals surface area contributed by atoms with Gasteiger partial charge in [-0.3, -0.25) is 15.4 Å². The van der Waals surface area contributed by atoms with Crippen LogP contribution in [0, 0.1) is 17.0 Å². The van der Waals surface area contributed by atoms with Crippen LogP contribution in [-0.4, -0.2) is 30.2 Å². The fraction of sp³-hybridized carbons (Fsp3) is 0.286. The van der Waals surface area contributed by atoms with Gasteiger partial charge in [-0.05, 0) is 25.5 Å². The van der Waals surface area contributed by atoms with Gasteiger partial charge in [0.25, 0.3) is 5.69 Å². The van der Waals surface area contributed by atoms with Crippen LogP contribution in [0.5, 0.6) is 0 Å². The Labute approximate surface area is 126 Å². The Balaban J connectivity index is 2.84. The molecule has 0 saturated carbocycles. The highest BCUT2D eigenvalue weighted by molar-refractivity contribution is 5.88. The zero-order chi connectivity index (χ0) is 16.9. The van der Waals surface area contributed by atoms with Crippen molar-refractivity contribution >= 4 is 23.4 Å². The number of ether oxygens (including phenoxy) is 2. The Bertz CT molecular complexity index is 626. The van der Waals surface area contributed by atoms with Crippen molar-refractivity contribution in [2.45, 2.75) is 20.0 Å². The number of nitro groups is 1. The molecule has 1 unspecified atom stereocenters. The van der Waals surface area contributed by atoms with E-state index in [9.17, 15) is 19.7 Å². The second kappa shape index (κ2) is 7.21. The maximum Gasteiger partial charge on any atom is 0.412 e. The number of benzene rings is 1. The molecule has 0 radical (unpaired) electrons. The standard InChI is InChI=1S/C14H16N2O6/c1-8(2)12(13(17)21-4)22-14(18)15-10-6-5-9(3)11(7-10)16(19)20/h5-7,12H,1H2,2-4H3,(H,15,18). The van der Waals surface area contributed by atoms with Crippen molar-refractivity contribution in [3.8, 4) is 0 Å². The van der Waals surface area contributed by atoms with E-state index in [2.05, 4.69) is 16.6 Å². The van der Waals surface area contributed by atoms with Crippen molar-refractivity contribution in [2.24, 2.45) is 0 Å². The van der Waals surface area contributed by atoms with Gasteiger partial charge in [0.1, 0.15) is 0 Å². The first-order chi connectivity index (χ1) is 10.3. The number of methoxy groups -OCH3 is 1. The number of anilines is 1. The van der Waals surface area contributed by atoms with Gasteiger partial charge in [-0.25, -0.2) is 9.59 Å². The first-order valence-corrected chi connectivity index (χ1v) is 6.22. The van der Waals surface area contributed by atoms with Crippen molar-refractivity contribution in [3.63, 3.8) is 0 Å². The van der Waals surface area contributed by atoms with Crippen LogP contribution in [-0.2, 0) is 14.3 Å². The van der Waals surface area contributed by atoms with Crippen LogP contribution < -0.4 is 5.32 Å². The molecule has 1 aromatic rings. The van der Waals surface area contributed by atoms with Gasteiger partial charge in [0.2, 0.25) is 6.10 Å². The van der Waals surface area contributed by atoms with E-state index in [1.165, 1.54) is 25.1 Å². The van der Waals surface area contributed by atoms with Crippen LogP contribution in [0.3, 0.4) is 0 Å². The van der Waals surface area contributed by atoms with Crippen molar-refractivity contribution in [1.29, 1.82) is 0 Å². The Morgan fingerprint density at radius 1 is 1.41 bits per heavy atom. The second-order valence-corrected chi connectivity index (χ2v) is 4.54. The third-order valence-corrected chi connectivity index (χ3v) is 2.74. The summed E-state index contributed by atoms with van der Waals surface area (Å²) in [7, 11) is 1.16. The largest absolute Gasteiger partial charge is 0.466 e. The van der Waals surface area contributed by atoms with Crippen molar-refractivity contribution < 1.29 is 24.0 Å². The summed E-state index contributed by atoms with van der Waals surface area (Å²) in [5, 5.41) is 13.2. The highest BCUT2D eigenvalue weighted by atomic mass is 16.6. The monoisotopic (exact) mass is 308 g/mol. The fourth-order valence-electron chi connectivity index (χ4n) is 1.60. The Hall–Kier alpha value is -2.90. The number of nitro benzene ring substituents is 1. The number of nitrogens with zero attached hydrogens (tertiary/aromatic N) is 1. The summed E-state index contributed by atoms with van der Waals surface area (Å²) in [6.45, 7) is 6.62. The predicted molar refractivity (Wildman–Crippen MR) is 78.6 cm³/mol. The minimum Gasteiger partial charge on any atom is -0.466 e. The lowest BCUT2D eigenvalue weighted by Crippen LogP contribution is -2.31. The second-order valence-electron chi connectivity index (χ2n) is 4.54. The molecule has 0 aliphatic carbocycles. The van der Waals surface area contributed by atoms with Crippen molar-refractivity contribution in [1.82, 2.24) is 0 Å². The Morgan fingerprint density at radius 3 is 2.55 bits per heavy atom. The minimum absolute atomic E-state index is 0.137. The first-order valence-electron chi connectivity index (χ1n) is 6.22. The lowest BCUT2D eigenvalue weighted by Gasteiger charge is -2.16. The number of amides is 1. The molecule has 1 rings (SSSR count). The summed E-state index contributed by atoms with van der Waals surface area (Å²) in [5.74, 6) is -0.766. The minimum atomic E-state index is -1.24. The number of carbonyl (C=O) groups excluding carboxylic acids is 2. The molecule has 8 heteroatoms. The molecule has 118 valence electrons. The average molecular weight is 308 g/mol. The molecule has 1 N–H and O–H groups in total. The van der Waals surface area contributed by atoms with Gasteiger partial charge in [-0.2, -0.15) is 0 Å². The molecule has 1 aromatic carbocycles. The van der Waals surface area contributed by atoms with Crippen LogP contribution in [0.1, 0.15) is 12.5 Å². The summed E-state index contributed by atoms with van der Waals surface area (Å²) in [6.07, 6.45) is -2.19. The smallest absolute Gasteiger partial charge is 0.412 e. The van der Waals surface area contributed by atoms with Crippen LogP contribution in [0.4, 0.5) is 16.2 Å². The lowest BCUT2D eigenvalue weighted by molar-refractivity contribution is -0.385. The van der Waals surface area contributed by atoms with Gasteiger partial charge in [0, 0.05) is 11.6 Å². The van der Waals surface area contributed by atoms with Crippen LogP contribution in [0.15, 0.2) is 30.4 Å². The Kier molecular flexibility index (Phi) is 5.62. The molecule has 0 aromatic heterocycles. The predicted octanol–water partition coefficient (Wildman–Crippen LogP) is 2.57. The van der Waals surface area contributed by atoms with E-state index in [1.54, 1.807) is 6.92 Å². The van der Waals surface area contributed by atoms with Crippen molar-refractivity contribution in [2.75, 3.05) is 12.4 Å². The molecule has 0 heterocycles. The molecule has 0 fully saturated rings. The highest BCUT2D eigenvalue weighted by Gasteiger charge is 2.25. The maximum atomic E-state index is 11.8. The van der Waals surface area contributed by atoms with Crippen molar-refractivity contribution in [3.05, 3.63) is 46.0 Å². The number of hydrogen-bond donors (Lipinski definition) is 1. The van der Waals surface area contributed by atoms with E-state index >= 15 is 0 Å². The molecular weight excluding hydrogens is 292 g/mol. The average Bonchev–Trinajstić information content (AvgIpc) is 2.45. The van der Waals surface area contributed by atoms with Crippen LogP contribution >= 0.6 is 0 Å². The number of esters is 1. The topological polar surface area (TPSA) is 108 Å². The van der Waals surface area contributed by atoms with Crippen LogP contribution in [0.25, 0.3) is 0 Å². The molecular formula is C14H16N2O6. The molecule has 0 aliphatic heterocycles. The van der Waals surface area contributed by atoms with Gasteiger partial charge in [-0.15, -0.1) is 0 Å². The number of hydrogen-bond acceptors (Lipinski definition) is 6. The summed E-state index contributed by atoms with van der Waals surface area (Å²) >= 11 is 0. The van der Waals surface area contributed by atoms with Gasteiger partial charge < -0.3 is 9.47 Å². The van der Waals surface area contributed by atoms with Crippen LogP contribution in [0.2, 0.25) is 0 Å². The number of aryl methyl sites for hydroxylation is 1. The molecule has 1 amide bonds. The van der Waals surface area contributed by atoms with E-state index in [0.717, 1.165) is 7.11 Å². The molecule has 0 saturated heterocycles. The number of rotatable bonds is 5. The Morgan fingerprint density at radius 2 is 2.05 bits per heavy atom. The summed E-state index contributed by atoms with van der Waals surface area (Å²) in [6, 6.07) is 4.17. The van der Waals surface area contributed by atoms with Gasteiger partial charge in [-0.1, -0.05) is 12.6 Å². The summed E-state index contributed by atoms with van der Waals surface area (Å²) in [5.41, 5.74) is 0.782. The van der Waals surface area contributed by atoms with E-state index in [-0.39, 0.29) is 16.9 Å². The normalized spacial score (nSPS) is 11.2. The summed E-state index contributed by atoms with van der Waals surface area (Å²) in [4.78, 5) is 33.5. The van der Waals surface area contributed by atoms with Gasteiger partial charge in [0.05, 0.1) is 17.7 Å². The number of carbonyl (C=O) groups is 2. The van der Waals surface area contributed by atoms with Gasteiger partial charge >= 0.3 is 12.1 Å². The zero-order valence-electron chi connectivity index (χ0n) is 12.4. The molecule has 1 atom stereocenters. The van der Waals surface area contributed by atoms with Gasteiger partial charge in [0.15, 0.2) is 0 Å². The molecule has 0 spiro atoms.